The van der Waals surface area contributed by atoms with Crippen LogP contribution in [0.2, 0.25) is 0 Å². The lowest BCUT2D eigenvalue weighted by Crippen LogP contribution is -2.06. The molecule has 0 radical (unpaired) electrons. The summed E-state index contributed by atoms with van der Waals surface area (Å²) in [6, 6.07) is 10.9. The van der Waals surface area contributed by atoms with Gasteiger partial charge < -0.3 is 4.57 Å². The van der Waals surface area contributed by atoms with Crippen LogP contribution in [0.5, 0.6) is 0 Å². The van der Waals surface area contributed by atoms with E-state index in [1.165, 1.54) is 22.9 Å². The molecule has 102 valence electrons. The normalized spacial score (nSPS) is 11.4. The van der Waals surface area contributed by atoms with Crippen LogP contribution in [0.3, 0.4) is 0 Å². The van der Waals surface area contributed by atoms with Crippen LogP contribution < -0.4 is 0 Å². The van der Waals surface area contributed by atoms with E-state index >= 15 is 0 Å². The summed E-state index contributed by atoms with van der Waals surface area (Å²) < 4.78 is 41.3. The van der Waals surface area contributed by atoms with Crippen molar-refractivity contribution in [1.29, 1.82) is 0 Å². The van der Waals surface area contributed by atoms with E-state index in [1.807, 2.05) is 0 Å². The van der Waals surface area contributed by atoms with Crippen LogP contribution in [-0.4, -0.2) is 9.55 Å². The molecule has 3 rings (SSSR count). The molecule has 0 atom stereocenters. The van der Waals surface area contributed by atoms with Crippen LogP contribution in [0.25, 0.3) is 11.0 Å². The first-order chi connectivity index (χ1) is 9.66. The Kier molecular flexibility index (Phi) is 3.18. The van der Waals surface area contributed by atoms with E-state index < -0.39 is 12.2 Å². The van der Waals surface area contributed by atoms with Crippen molar-refractivity contribution in [2.75, 3.05) is 0 Å². The molecule has 0 spiro atoms. The van der Waals surface area contributed by atoms with Crippen LogP contribution in [0, 0.1) is 5.82 Å². The van der Waals surface area contributed by atoms with Gasteiger partial charge in [0.2, 0.25) is 0 Å². The number of nitrogens with zero attached hydrogens (tertiary/aromatic N) is 2. The van der Waals surface area contributed by atoms with E-state index in [9.17, 15) is 13.2 Å². The fourth-order valence-corrected chi connectivity index (χ4v) is 2.25. The lowest BCUT2D eigenvalue weighted by atomic mass is 10.2. The molecule has 0 fully saturated rings. The smallest absolute Gasteiger partial charge is 0.278 e. The van der Waals surface area contributed by atoms with Gasteiger partial charge in [-0.25, -0.2) is 18.2 Å². The van der Waals surface area contributed by atoms with Gasteiger partial charge in [0, 0.05) is 17.1 Å². The molecule has 1 aromatic carbocycles. The van der Waals surface area contributed by atoms with E-state index in [-0.39, 0.29) is 12.2 Å². The van der Waals surface area contributed by atoms with Gasteiger partial charge in [-0.3, -0.25) is 0 Å². The molecule has 0 saturated carbocycles. The first-order valence-corrected chi connectivity index (χ1v) is 6.12. The molecule has 5 heteroatoms. The molecule has 0 aliphatic rings. The maximum atomic E-state index is 13.7. The van der Waals surface area contributed by atoms with Crippen LogP contribution in [0.1, 0.15) is 17.7 Å². The number of fused-ring (bicyclic) bond motifs is 1. The lowest BCUT2D eigenvalue weighted by molar-refractivity contribution is 0.142. The van der Waals surface area contributed by atoms with Crippen LogP contribution in [0.4, 0.5) is 13.2 Å². The predicted molar refractivity (Wildman–Crippen MR) is 70.2 cm³/mol. The van der Waals surface area contributed by atoms with Gasteiger partial charge in [-0.2, -0.15) is 0 Å². The second-order valence-corrected chi connectivity index (χ2v) is 4.46. The Morgan fingerprint density at radius 1 is 1.10 bits per heavy atom. The molecule has 2 aromatic heterocycles. The van der Waals surface area contributed by atoms with Gasteiger partial charge in [-0.1, -0.05) is 18.2 Å². The van der Waals surface area contributed by atoms with E-state index in [1.54, 1.807) is 30.3 Å². The Morgan fingerprint density at radius 2 is 1.90 bits per heavy atom. The van der Waals surface area contributed by atoms with E-state index in [4.69, 9.17) is 0 Å². The highest BCUT2D eigenvalue weighted by Crippen LogP contribution is 2.27. The van der Waals surface area contributed by atoms with Crippen molar-refractivity contribution < 1.29 is 13.2 Å². The van der Waals surface area contributed by atoms with Crippen LogP contribution in [0.15, 0.2) is 48.7 Å². The Bertz CT molecular complexity index is 750. The summed E-state index contributed by atoms with van der Waals surface area (Å²) in [6.45, 7) is 0.0346. The zero-order valence-corrected chi connectivity index (χ0v) is 10.4. The highest BCUT2D eigenvalue weighted by molar-refractivity contribution is 5.77. The Labute approximate surface area is 113 Å². The highest BCUT2D eigenvalue weighted by atomic mass is 19.3. The summed E-state index contributed by atoms with van der Waals surface area (Å²) in [5.74, 6) is -0.412. The maximum Gasteiger partial charge on any atom is 0.278 e. The van der Waals surface area contributed by atoms with Crippen molar-refractivity contribution in [3.63, 3.8) is 0 Å². The molecule has 0 N–H and O–H groups in total. The third-order valence-corrected chi connectivity index (χ3v) is 3.20. The third kappa shape index (κ3) is 2.15. The van der Waals surface area contributed by atoms with Crippen molar-refractivity contribution in [3.05, 3.63) is 65.7 Å². The molecule has 0 saturated heterocycles. The summed E-state index contributed by atoms with van der Waals surface area (Å²) in [5, 5.41) is 0.624. The standard InChI is InChI=1S/C15H11F3N2/c16-12-6-2-1-4-11(12)9-20-13(14(17)18)8-10-5-3-7-19-15(10)20/h1-8,14H,9H2. The molecule has 2 heterocycles. The number of pyridine rings is 1. The van der Waals surface area contributed by atoms with Gasteiger partial charge >= 0.3 is 0 Å². The van der Waals surface area contributed by atoms with Gasteiger partial charge in [0.25, 0.3) is 6.43 Å². The SMILES string of the molecule is Fc1ccccc1Cn1c(C(F)F)cc2cccnc21. The quantitative estimate of drug-likeness (QED) is 0.702. The number of benzene rings is 1. The maximum absolute atomic E-state index is 13.7. The average molecular weight is 276 g/mol. The molecule has 0 bridgehead atoms. The second-order valence-electron chi connectivity index (χ2n) is 4.46. The summed E-state index contributed by atoms with van der Waals surface area (Å²) in [5.41, 5.74) is 0.644. The minimum Gasteiger partial charge on any atom is -0.320 e. The van der Waals surface area contributed by atoms with E-state index in [2.05, 4.69) is 4.98 Å². The molecule has 3 aromatic rings. The zero-order chi connectivity index (χ0) is 14.1. The molecule has 0 unspecified atom stereocenters. The molecule has 2 nitrogen and oxygen atoms in total. The monoisotopic (exact) mass is 276 g/mol. The summed E-state index contributed by atoms with van der Waals surface area (Å²) in [4.78, 5) is 4.12. The Morgan fingerprint density at radius 3 is 2.65 bits per heavy atom. The van der Waals surface area contributed by atoms with Gasteiger partial charge in [-0.15, -0.1) is 0 Å². The fraction of sp³-hybridized carbons (Fsp3) is 0.133. The number of hydrogen-bond acceptors (Lipinski definition) is 1. The highest BCUT2D eigenvalue weighted by Gasteiger charge is 2.18. The van der Waals surface area contributed by atoms with Gasteiger partial charge in [-0.05, 0) is 24.3 Å². The molecule has 20 heavy (non-hydrogen) atoms. The fourth-order valence-electron chi connectivity index (χ4n) is 2.25. The van der Waals surface area contributed by atoms with Crippen molar-refractivity contribution in [2.24, 2.45) is 0 Å². The van der Waals surface area contributed by atoms with E-state index in [0.717, 1.165) is 0 Å². The number of rotatable bonds is 3. The minimum atomic E-state index is -2.63. The minimum absolute atomic E-state index is 0.0346. The van der Waals surface area contributed by atoms with Crippen LogP contribution >= 0.6 is 0 Å². The van der Waals surface area contributed by atoms with Crippen molar-refractivity contribution in [1.82, 2.24) is 9.55 Å². The van der Waals surface area contributed by atoms with Crippen LogP contribution in [-0.2, 0) is 6.54 Å². The predicted octanol–water partition coefficient (Wildman–Crippen LogP) is 4.16. The lowest BCUT2D eigenvalue weighted by Gasteiger charge is -2.10. The average Bonchev–Trinajstić information content (AvgIpc) is 2.81. The summed E-state index contributed by atoms with van der Waals surface area (Å²) in [6.07, 6.45) is -1.09. The first-order valence-electron chi connectivity index (χ1n) is 6.12. The topological polar surface area (TPSA) is 17.8 Å². The molecule has 0 amide bonds. The number of alkyl halides is 2. The van der Waals surface area contributed by atoms with Crippen molar-refractivity contribution >= 4 is 11.0 Å². The third-order valence-electron chi connectivity index (χ3n) is 3.20. The largest absolute Gasteiger partial charge is 0.320 e. The van der Waals surface area contributed by atoms with Gasteiger partial charge in [0.1, 0.15) is 11.5 Å². The second kappa shape index (κ2) is 5.00. The summed E-state index contributed by atoms with van der Waals surface area (Å²) in [7, 11) is 0. The molecule has 0 aliphatic carbocycles. The molecular weight excluding hydrogens is 265 g/mol. The Hall–Kier alpha value is -2.30. The molecule has 0 aliphatic heterocycles. The van der Waals surface area contributed by atoms with E-state index in [0.29, 0.717) is 16.6 Å². The Balaban J connectivity index is 2.14. The van der Waals surface area contributed by atoms with Crippen molar-refractivity contribution in [2.45, 2.75) is 13.0 Å². The number of halogens is 3. The number of aromatic nitrogens is 2. The molecular formula is C15H11F3N2. The van der Waals surface area contributed by atoms with Gasteiger partial charge in [0.15, 0.2) is 0 Å². The zero-order valence-electron chi connectivity index (χ0n) is 10.4. The number of hydrogen-bond donors (Lipinski definition) is 0. The first kappa shape index (κ1) is 12.7. The van der Waals surface area contributed by atoms with Crippen molar-refractivity contribution in [3.8, 4) is 0 Å². The van der Waals surface area contributed by atoms with Gasteiger partial charge in [0.05, 0.1) is 12.2 Å². The summed E-state index contributed by atoms with van der Waals surface area (Å²) >= 11 is 0.